The molecular weight excluding hydrogens is 262 g/mol. The zero-order valence-corrected chi connectivity index (χ0v) is 12.1. The van der Waals surface area contributed by atoms with Crippen molar-refractivity contribution in [1.29, 1.82) is 0 Å². The molecule has 19 heavy (non-hydrogen) atoms. The van der Waals surface area contributed by atoms with Gasteiger partial charge in [0, 0.05) is 25.7 Å². The van der Waals surface area contributed by atoms with E-state index in [-0.39, 0.29) is 0 Å². The number of nitrogens with zero attached hydrogens (tertiary/aromatic N) is 2. The van der Waals surface area contributed by atoms with Crippen LogP contribution in [0.25, 0.3) is 0 Å². The molecule has 1 N–H and O–H groups in total. The van der Waals surface area contributed by atoms with Crippen LogP contribution < -0.4 is 5.32 Å². The van der Waals surface area contributed by atoms with Crippen LogP contribution in [-0.4, -0.2) is 45.8 Å². The smallest absolute Gasteiger partial charge is 0.285 e. The minimum absolute atomic E-state index is 0.304. The summed E-state index contributed by atoms with van der Waals surface area (Å²) in [5.74, 6) is 0.536. The highest BCUT2D eigenvalue weighted by Crippen LogP contribution is 2.26. The normalized spacial score (nSPS) is 16.0. The molecule has 0 saturated carbocycles. The summed E-state index contributed by atoms with van der Waals surface area (Å²) in [6.07, 6.45) is 1.09. The Balaban J connectivity index is 2.13. The van der Waals surface area contributed by atoms with Gasteiger partial charge < -0.3 is 10.2 Å². The Bertz CT molecular complexity index is 581. The van der Waals surface area contributed by atoms with Crippen LogP contribution >= 0.6 is 0 Å². The Morgan fingerprint density at radius 2 is 2.00 bits per heavy atom. The average molecular weight is 281 g/mol. The summed E-state index contributed by atoms with van der Waals surface area (Å²) in [4.78, 5) is 2.19. The van der Waals surface area contributed by atoms with E-state index in [1.807, 2.05) is 18.0 Å². The molecule has 0 fully saturated rings. The van der Waals surface area contributed by atoms with Crippen LogP contribution in [0.5, 0.6) is 0 Å². The molecule has 0 saturated heterocycles. The summed E-state index contributed by atoms with van der Waals surface area (Å²) in [6, 6.07) is 6.95. The lowest BCUT2D eigenvalue weighted by Gasteiger charge is -2.19. The molecule has 0 atom stereocenters. The maximum absolute atomic E-state index is 11.9. The summed E-state index contributed by atoms with van der Waals surface area (Å²) >= 11 is 0. The van der Waals surface area contributed by atoms with Gasteiger partial charge in [-0.25, -0.2) is 0 Å². The minimum atomic E-state index is -3.51. The Morgan fingerprint density at radius 1 is 1.26 bits per heavy atom. The van der Waals surface area contributed by atoms with Crippen LogP contribution in [0.3, 0.4) is 0 Å². The van der Waals surface area contributed by atoms with E-state index in [2.05, 4.69) is 16.6 Å². The first-order chi connectivity index (χ1) is 9.06. The minimum Gasteiger partial charge on any atom is -0.357 e. The van der Waals surface area contributed by atoms with Gasteiger partial charge in [-0.15, -0.1) is 4.40 Å². The largest absolute Gasteiger partial charge is 0.357 e. The number of sulfonamides is 1. The predicted molar refractivity (Wildman–Crippen MR) is 76.0 cm³/mol. The summed E-state index contributed by atoms with van der Waals surface area (Å²) in [7, 11) is -1.64. The lowest BCUT2D eigenvalue weighted by molar-refractivity contribution is 0.483. The van der Waals surface area contributed by atoms with Crippen LogP contribution in [0.1, 0.15) is 18.9 Å². The third-order valence-corrected chi connectivity index (χ3v) is 4.35. The average Bonchev–Trinajstić information content (AvgIpc) is 2.67. The molecule has 0 bridgehead atoms. The molecule has 1 heterocycles. The second-order valence-corrected chi connectivity index (χ2v) is 6.13. The lowest BCUT2D eigenvalue weighted by atomic mass is 10.2. The van der Waals surface area contributed by atoms with E-state index < -0.39 is 10.0 Å². The van der Waals surface area contributed by atoms with E-state index in [1.54, 1.807) is 18.2 Å². The number of fused-ring (bicyclic) bond motifs is 1. The third kappa shape index (κ3) is 2.96. The first-order valence-electron chi connectivity index (χ1n) is 6.42. The van der Waals surface area contributed by atoms with Gasteiger partial charge in [0.2, 0.25) is 0 Å². The van der Waals surface area contributed by atoms with Gasteiger partial charge in [0.1, 0.15) is 4.90 Å². The molecule has 0 aromatic heterocycles. The van der Waals surface area contributed by atoms with Gasteiger partial charge in [-0.05, 0) is 25.1 Å². The fourth-order valence-electron chi connectivity index (χ4n) is 2.02. The quantitative estimate of drug-likeness (QED) is 0.820. The molecule has 104 valence electrons. The molecule has 2 rings (SSSR count). The van der Waals surface area contributed by atoms with Crippen molar-refractivity contribution in [3.05, 3.63) is 29.8 Å². The molecular formula is C13H19N3O2S. The monoisotopic (exact) mass is 281 g/mol. The molecule has 0 aliphatic carbocycles. The van der Waals surface area contributed by atoms with E-state index >= 15 is 0 Å². The molecule has 1 aromatic rings. The second-order valence-electron chi connectivity index (χ2n) is 4.56. The molecule has 0 amide bonds. The maximum atomic E-state index is 11.9. The van der Waals surface area contributed by atoms with Gasteiger partial charge >= 0.3 is 0 Å². The molecule has 0 radical (unpaired) electrons. The van der Waals surface area contributed by atoms with Crippen molar-refractivity contribution in [3.63, 3.8) is 0 Å². The number of rotatable bonds is 5. The predicted octanol–water partition coefficient (Wildman–Crippen LogP) is 1.07. The highest BCUT2D eigenvalue weighted by Gasteiger charge is 2.29. The van der Waals surface area contributed by atoms with E-state index in [1.165, 1.54) is 0 Å². The van der Waals surface area contributed by atoms with Crippen LogP contribution in [0.15, 0.2) is 33.6 Å². The number of benzene rings is 1. The molecule has 5 nitrogen and oxygen atoms in total. The van der Waals surface area contributed by atoms with Gasteiger partial charge in [0.25, 0.3) is 10.0 Å². The van der Waals surface area contributed by atoms with E-state index in [0.717, 1.165) is 26.1 Å². The number of hydrogen-bond acceptors (Lipinski definition) is 4. The van der Waals surface area contributed by atoms with Crippen molar-refractivity contribution in [2.45, 2.75) is 18.2 Å². The SMILES string of the molecule is CCCNCCN(C)C1=NS(=O)(=O)c2ccccc21. The van der Waals surface area contributed by atoms with Gasteiger partial charge in [-0.3, -0.25) is 0 Å². The summed E-state index contributed by atoms with van der Waals surface area (Å²) in [5.41, 5.74) is 0.695. The molecule has 1 aliphatic heterocycles. The topological polar surface area (TPSA) is 61.8 Å². The number of amidine groups is 1. The van der Waals surface area contributed by atoms with Crippen molar-refractivity contribution in [2.24, 2.45) is 4.40 Å². The van der Waals surface area contributed by atoms with Crippen LogP contribution in [0.4, 0.5) is 0 Å². The van der Waals surface area contributed by atoms with E-state index in [4.69, 9.17) is 0 Å². The van der Waals surface area contributed by atoms with Gasteiger partial charge in [-0.1, -0.05) is 19.1 Å². The first-order valence-corrected chi connectivity index (χ1v) is 7.86. The van der Waals surface area contributed by atoms with Gasteiger partial charge in [-0.2, -0.15) is 8.42 Å². The van der Waals surface area contributed by atoms with Crippen LogP contribution in [0, 0.1) is 0 Å². The number of nitrogens with one attached hydrogen (secondary N) is 1. The Kier molecular flexibility index (Phi) is 4.21. The first kappa shape index (κ1) is 14.0. The fourth-order valence-corrected chi connectivity index (χ4v) is 3.27. The van der Waals surface area contributed by atoms with E-state index in [0.29, 0.717) is 16.3 Å². The fraction of sp³-hybridized carbons (Fsp3) is 0.462. The molecule has 1 aliphatic rings. The Morgan fingerprint density at radius 3 is 2.74 bits per heavy atom. The molecule has 0 spiro atoms. The van der Waals surface area contributed by atoms with Gasteiger partial charge in [0.05, 0.1) is 0 Å². The molecule has 1 aromatic carbocycles. The van der Waals surface area contributed by atoms with Crippen molar-refractivity contribution >= 4 is 15.9 Å². The highest BCUT2D eigenvalue weighted by atomic mass is 32.2. The van der Waals surface area contributed by atoms with Crippen molar-refractivity contribution in [3.8, 4) is 0 Å². The molecule has 6 heteroatoms. The zero-order chi connectivity index (χ0) is 13.9. The Hall–Kier alpha value is -1.40. The van der Waals surface area contributed by atoms with Crippen LogP contribution in [0.2, 0.25) is 0 Å². The summed E-state index contributed by atoms with van der Waals surface area (Å²) in [6.45, 7) is 4.62. The maximum Gasteiger partial charge on any atom is 0.285 e. The lowest BCUT2D eigenvalue weighted by Crippen LogP contribution is -2.34. The van der Waals surface area contributed by atoms with Crippen molar-refractivity contribution < 1.29 is 8.42 Å². The third-order valence-electron chi connectivity index (χ3n) is 3.02. The van der Waals surface area contributed by atoms with Gasteiger partial charge in [0.15, 0.2) is 5.84 Å². The summed E-state index contributed by atoms with van der Waals surface area (Å²) in [5, 5.41) is 3.29. The Labute approximate surface area is 114 Å². The van der Waals surface area contributed by atoms with Crippen molar-refractivity contribution in [2.75, 3.05) is 26.7 Å². The second kappa shape index (κ2) is 5.71. The van der Waals surface area contributed by atoms with E-state index in [9.17, 15) is 8.42 Å². The number of hydrogen-bond donors (Lipinski definition) is 1. The number of likely N-dealkylation sites (N-methyl/N-ethyl adjacent to an activating group) is 1. The van der Waals surface area contributed by atoms with Crippen LogP contribution in [-0.2, 0) is 10.0 Å². The highest BCUT2D eigenvalue weighted by molar-refractivity contribution is 7.90. The standard InChI is InChI=1S/C13H19N3O2S/c1-3-8-14-9-10-16(2)13-11-6-4-5-7-12(11)19(17,18)15-13/h4-7,14H,3,8-10H2,1-2H3. The summed E-state index contributed by atoms with van der Waals surface area (Å²) < 4.78 is 27.7. The molecule has 0 unspecified atom stereocenters. The zero-order valence-electron chi connectivity index (χ0n) is 11.3. The van der Waals surface area contributed by atoms with Crippen molar-refractivity contribution in [1.82, 2.24) is 10.2 Å².